The van der Waals surface area contributed by atoms with Crippen LogP contribution in [0.25, 0.3) is 0 Å². The standard InChI is InChI=1S/C7H4S2Se4/c1-2-11-7(10-1)4-8-5-6(9-4)13-3-12-5/h1-2H,3H2. The molecular weight excluding hydrogens is 464 g/mol. The van der Waals surface area contributed by atoms with Crippen LogP contribution in [-0.2, 0) is 0 Å². The molecule has 0 bridgehead atoms. The molecule has 6 heteroatoms. The van der Waals surface area contributed by atoms with Crippen molar-refractivity contribution in [3.05, 3.63) is 25.2 Å². The summed E-state index contributed by atoms with van der Waals surface area (Å²) in [6, 6.07) is 0. The van der Waals surface area contributed by atoms with Crippen molar-refractivity contribution in [3.8, 4) is 0 Å². The van der Waals surface area contributed by atoms with E-state index in [0.717, 1.165) is 59.8 Å². The summed E-state index contributed by atoms with van der Waals surface area (Å²) in [6.45, 7) is 0. The minimum atomic E-state index is 0.717. The van der Waals surface area contributed by atoms with Crippen LogP contribution in [0.4, 0.5) is 0 Å². The first-order chi connectivity index (χ1) is 6.43. The van der Waals surface area contributed by atoms with Gasteiger partial charge in [0.2, 0.25) is 0 Å². The topological polar surface area (TPSA) is 0 Å². The number of thioether (sulfide) groups is 2. The Morgan fingerprint density at radius 2 is 1.62 bits per heavy atom. The zero-order chi connectivity index (χ0) is 8.67. The second-order valence-corrected chi connectivity index (χ2v) is 16.9. The average Bonchev–Trinajstić information content (AvgIpc) is 2.78. The van der Waals surface area contributed by atoms with E-state index >= 15 is 0 Å². The average molecular weight is 468 g/mol. The summed E-state index contributed by atoms with van der Waals surface area (Å²) in [7, 11) is 0. The van der Waals surface area contributed by atoms with Crippen LogP contribution in [0.3, 0.4) is 0 Å². The fourth-order valence-corrected chi connectivity index (χ4v) is 20.6. The number of rotatable bonds is 0. The van der Waals surface area contributed by atoms with Gasteiger partial charge in [0.05, 0.1) is 0 Å². The van der Waals surface area contributed by atoms with E-state index in [4.69, 9.17) is 0 Å². The van der Waals surface area contributed by atoms with Gasteiger partial charge in [-0.15, -0.1) is 0 Å². The first-order valence-corrected chi connectivity index (χ1v) is 13.0. The van der Waals surface area contributed by atoms with E-state index < -0.39 is 0 Å². The minimum absolute atomic E-state index is 0.717. The third kappa shape index (κ3) is 2.10. The Hall–Kier alpha value is 2.00. The summed E-state index contributed by atoms with van der Waals surface area (Å²) in [6.07, 6.45) is 0. The monoisotopic (exact) mass is 472 g/mol. The zero-order valence-electron chi connectivity index (χ0n) is 6.31. The van der Waals surface area contributed by atoms with E-state index in [2.05, 4.69) is 33.5 Å². The van der Waals surface area contributed by atoms with Crippen LogP contribution in [0.1, 0.15) is 0 Å². The molecule has 0 radical (unpaired) electrons. The zero-order valence-corrected chi connectivity index (χ0v) is 14.8. The summed E-state index contributed by atoms with van der Waals surface area (Å²) >= 11 is 7.43. The first-order valence-electron chi connectivity index (χ1n) is 3.52. The van der Waals surface area contributed by atoms with Gasteiger partial charge in [-0.3, -0.25) is 0 Å². The second kappa shape index (κ2) is 4.47. The fraction of sp³-hybridized carbons (Fsp3) is 0.143. The Labute approximate surface area is 111 Å². The van der Waals surface area contributed by atoms with E-state index in [0.29, 0.717) is 0 Å². The van der Waals surface area contributed by atoms with Gasteiger partial charge in [-0.1, -0.05) is 0 Å². The molecule has 3 aliphatic heterocycles. The second-order valence-electron chi connectivity index (χ2n) is 2.27. The van der Waals surface area contributed by atoms with Gasteiger partial charge >= 0.3 is 113 Å². The van der Waals surface area contributed by atoms with Crippen molar-refractivity contribution in [3.63, 3.8) is 0 Å². The fourth-order valence-electron chi connectivity index (χ4n) is 0.972. The Bertz CT molecular complexity index is 316. The van der Waals surface area contributed by atoms with Gasteiger partial charge in [0.25, 0.3) is 0 Å². The van der Waals surface area contributed by atoms with Crippen molar-refractivity contribution in [2.75, 3.05) is 0 Å². The van der Waals surface area contributed by atoms with Crippen LogP contribution >= 0.6 is 23.5 Å². The Morgan fingerprint density at radius 3 is 2.23 bits per heavy atom. The normalized spacial score (nSPS) is 26.5. The molecule has 0 nitrogen and oxygen atoms in total. The third-order valence-corrected chi connectivity index (χ3v) is 19.2. The van der Waals surface area contributed by atoms with E-state index in [1.165, 1.54) is 4.22 Å². The summed E-state index contributed by atoms with van der Waals surface area (Å²) in [5, 5.41) is 0. The van der Waals surface area contributed by atoms with Gasteiger partial charge < -0.3 is 0 Å². The van der Waals surface area contributed by atoms with Gasteiger partial charge in [0.1, 0.15) is 0 Å². The van der Waals surface area contributed by atoms with Crippen molar-refractivity contribution in [1.82, 2.24) is 0 Å². The van der Waals surface area contributed by atoms with Crippen LogP contribution in [0.15, 0.2) is 25.2 Å². The van der Waals surface area contributed by atoms with E-state index in [9.17, 15) is 0 Å². The predicted molar refractivity (Wildman–Crippen MR) is 66.2 cm³/mol. The van der Waals surface area contributed by atoms with Gasteiger partial charge in [0, 0.05) is 0 Å². The molecule has 0 aromatic rings. The first kappa shape index (κ1) is 10.2. The molecule has 3 rings (SSSR count). The maximum atomic E-state index is 2.40. The van der Waals surface area contributed by atoms with Crippen molar-refractivity contribution >= 4 is 83.4 Å². The predicted octanol–water partition coefficient (Wildman–Crippen LogP) is 1.41. The number of hydrogen-bond donors (Lipinski definition) is 0. The molecule has 0 N–H and O–H groups in total. The molecule has 68 valence electrons. The summed E-state index contributed by atoms with van der Waals surface area (Å²) < 4.78 is 8.60. The molecule has 3 heterocycles. The van der Waals surface area contributed by atoms with Gasteiger partial charge in [-0.2, -0.15) is 0 Å². The summed E-state index contributed by atoms with van der Waals surface area (Å²) in [5.41, 5.74) is 0. The van der Waals surface area contributed by atoms with Crippen LogP contribution in [-0.4, -0.2) is 59.8 Å². The van der Waals surface area contributed by atoms with Gasteiger partial charge in [-0.25, -0.2) is 0 Å². The molecule has 0 unspecified atom stereocenters. The Morgan fingerprint density at radius 1 is 1.00 bits per heavy atom. The van der Waals surface area contributed by atoms with Crippen molar-refractivity contribution in [2.45, 2.75) is 4.22 Å². The number of hydrogen-bond acceptors (Lipinski definition) is 2. The van der Waals surface area contributed by atoms with Gasteiger partial charge in [-0.05, 0) is 0 Å². The summed E-state index contributed by atoms with van der Waals surface area (Å²) in [4.78, 5) is 4.80. The molecule has 0 saturated carbocycles. The molecule has 0 aliphatic carbocycles. The van der Waals surface area contributed by atoms with Crippen LogP contribution in [0, 0.1) is 0 Å². The quantitative estimate of drug-likeness (QED) is 0.494. The van der Waals surface area contributed by atoms with E-state index in [-0.39, 0.29) is 0 Å². The molecule has 0 spiro atoms. The molecule has 0 amide bonds. The SMILES string of the molecule is C1=C[Se]C(=C2SC3=C(S2)[Se]C[Se]3)[Se]1. The molecule has 3 aliphatic rings. The molecule has 0 atom stereocenters. The Kier molecular flexibility index (Phi) is 3.50. The third-order valence-electron chi connectivity index (χ3n) is 1.49. The summed E-state index contributed by atoms with van der Waals surface area (Å²) in [5.74, 6) is 0. The van der Waals surface area contributed by atoms with Gasteiger partial charge in [0.15, 0.2) is 0 Å². The van der Waals surface area contributed by atoms with E-state index in [1.807, 2.05) is 0 Å². The maximum absolute atomic E-state index is 2.40. The van der Waals surface area contributed by atoms with Crippen LogP contribution < -0.4 is 0 Å². The molecule has 0 fully saturated rings. The molecule has 0 aromatic carbocycles. The Balaban J connectivity index is 1.82. The van der Waals surface area contributed by atoms with Crippen molar-refractivity contribution < 1.29 is 0 Å². The molecular formula is C7H4S2Se4. The van der Waals surface area contributed by atoms with Crippen LogP contribution in [0.5, 0.6) is 0 Å². The van der Waals surface area contributed by atoms with E-state index in [1.54, 1.807) is 15.2 Å². The van der Waals surface area contributed by atoms with Crippen molar-refractivity contribution in [1.29, 1.82) is 0 Å². The molecule has 0 aromatic heterocycles. The van der Waals surface area contributed by atoms with Crippen molar-refractivity contribution in [2.24, 2.45) is 0 Å². The molecule has 13 heavy (non-hydrogen) atoms. The van der Waals surface area contributed by atoms with Crippen LogP contribution in [0.2, 0.25) is 4.22 Å². The molecule has 0 saturated heterocycles.